The van der Waals surface area contributed by atoms with Gasteiger partial charge in [-0.15, -0.1) is 4.72 Å². The highest BCUT2D eigenvalue weighted by Crippen LogP contribution is 2.18. The lowest BCUT2D eigenvalue weighted by molar-refractivity contribution is 0.531. The molecule has 0 saturated carbocycles. The normalized spacial score (nSPS) is 15.8. The molecule has 1 aromatic heterocycles. The summed E-state index contributed by atoms with van der Waals surface area (Å²) in [5, 5.41) is 0. The van der Waals surface area contributed by atoms with Crippen molar-refractivity contribution in [3.63, 3.8) is 0 Å². The first-order valence-electron chi connectivity index (χ1n) is 5.17. The van der Waals surface area contributed by atoms with Crippen LogP contribution in [0.2, 0.25) is 0 Å². The predicted octanol–water partition coefficient (Wildman–Crippen LogP) is 1.49. The van der Waals surface area contributed by atoms with E-state index in [-0.39, 0.29) is 16.3 Å². The number of rotatable bonds is 3. The van der Waals surface area contributed by atoms with Gasteiger partial charge in [-0.05, 0) is 33.3 Å². The van der Waals surface area contributed by atoms with Crippen LogP contribution in [0.1, 0.15) is 39.3 Å². The first kappa shape index (κ1) is 13.3. The summed E-state index contributed by atoms with van der Waals surface area (Å²) in [6.45, 7) is 7.65. The van der Waals surface area contributed by atoms with E-state index in [9.17, 15) is 9.35 Å². The fourth-order valence-corrected chi connectivity index (χ4v) is 1.91. The van der Waals surface area contributed by atoms with Crippen LogP contribution in [0.3, 0.4) is 0 Å². The molecule has 0 amide bonds. The molecule has 1 aromatic rings. The molecule has 2 N–H and O–H groups in total. The predicted molar refractivity (Wildman–Crippen MR) is 66.5 cm³/mol. The molecular formula is C11H18N2O2S. The zero-order valence-electron chi connectivity index (χ0n) is 10.0. The Kier molecular flexibility index (Phi) is 4.18. The topological polar surface area (TPSA) is 67.9 Å². The van der Waals surface area contributed by atoms with Gasteiger partial charge in [0.2, 0.25) is 5.56 Å². The zero-order valence-corrected chi connectivity index (χ0v) is 10.9. The maximum Gasteiger partial charge on any atom is 0.247 e. The Hall–Kier alpha value is -0.780. The zero-order chi connectivity index (χ0) is 12.3. The van der Waals surface area contributed by atoms with Crippen molar-refractivity contribution in [1.82, 2.24) is 9.71 Å². The second-order valence-electron chi connectivity index (χ2n) is 4.71. The quantitative estimate of drug-likeness (QED) is 0.789. The largest absolute Gasteiger partial charge is 0.598 e. The summed E-state index contributed by atoms with van der Waals surface area (Å²) >= 11 is -1.12. The Balaban J connectivity index is 2.69. The molecule has 0 fully saturated rings. The van der Waals surface area contributed by atoms with Crippen molar-refractivity contribution in [2.45, 2.75) is 38.5 Å². The van der Waals surface area contributed by atoms with Crippen molar-refractivity contribution in [2.24, 2.45) is 0 Å². The lowest BCUT2D eigenvalue weighted by Crippen LogP contribution is -2.40. The standard InChI is InChI=1S/C11H18N2O2S/c1-8(13-16(15)11(2,3)4)9-5-6-10(14)12-7-9/h5-8,13H,1-4H3,(H,12,14)/t8-,16+/m0/s1. The van der Waals surface area contributed by atoms with Gasteiger partial charge in [-0.25, -0.2) is 0 Å². The van der Waals surface area contributed by atoms with E-state index in [0.717, 1.165) is 5.56 Å². The lowest BCUT2D eigenvalue weighted by Gasteiger charge is -2.26. The molecule has 1 rings (SSSR count). The van der Waals surface area contributed by atoms with Crippen LogP contribution in [-0.4, -0.2) is 14.3 Å². The minimum Gasteiger partial charge on any atom is -0.598 e. The van der Waals surface area contributed by atoms with Gasteiger partial charge in [0.05, 0.1) is 6.04 Å². The molecule has 0 aliphatic heterocycles. The third-order valence-corrected chi connectivity index (χ3v) is 3.83. The number of aromatic amines is 1. The number of hydrogen-bond donors (Lipinski definition) is 2. The molecule has 5 heteroatoms. The van der Waals surface area contributed by atoms with Crippen LogP contribution in [0.25, 0.3) is 0 Å². The molecule has 0 bridgehead atoms. The summed E-state index contributed by atoms with van der Waals surface area (Å²) in [5.41, 5.74) is 0.782. The molecule has 0 saturated heterocycles. The van der Waals surface area contributed by atoms with Crippen molar-refractivity contribution < 1.29 is 4.55 Å². The highest BCUT2D eigenvalue weighted by Gasteiger charge is 2.28. The number of aromatic nitrogens is 1. The Morgan fingerprint density at radius 2 is 2.06 bits per heavy atom. The van der Waals surface area contributed by atoms with E-state index in [1.807, 2.05) is 27.7 Å². The van der Waals surface area contributed by atoms with Gasteiger partial charge >= 0.3 is 0 Å². The van der Waals surface area contributed by atoms with E-state index in [1.54, 1.807) is 12.3 Å². The number of hydrogen-bond acceptors (Lipinski definition) is 3. The molecule has 2 atom stereocenters. The summed E-state index contributed by atoms with van der Waals surface area (Å²) in [6, 6.07) is 3.14. The highest BCUT2D eigenvalue weighted by molar-refractivity contribution is 7.90. The minimum absolute atomic E-state index is 0.0584. The minimum atomic E-state index is -1.12. The average molecular weight is 242 g/mol. The average Bonchev–Trinajstić information content (AvgIpc) is 2.17. The van der Waals surface area contributed by atoms with Gasteiger partial charge in [0.1, 0.15) is 4.75 Å². The monoisotopic (exact) mass is 242 g/mol. The summed E-state index contributed by atoms with van der Waals surface area (Å²) in [6.07, 6.45) is 1.64. The molecule has 0 radical (unpaired) electrons. The first-order chi connectivity index (χ1) is 7.30. The van der Waals surface area contributed by atoms with Crippen molar-refractivity contribution in [1.29, 1.82) is 0 Å². The van der Waals surface area contributed by atoms with Gasteiger partial charge in [0, 0.05) is 23.6 Å². The second kappa shape index (κ2) is 5.03. The Morgan fingerprint density at radius 3 is 2.50 bits per heavy atom. The summed E-state index contributed by atoms with van der Waals surface area (Å²) < 4.78 is 14.6. The number of H-pyrrole nitrogens is 1. The third kappa shape index (κ3) is 3.66. The molecule has 4 nitrogen and oxygen atoms in total. The van der Waals surface area contributed by atoms with E-state index in [2.05, 4.69) is 9.71 Å². The van der Waals surface area contributed by atoms with Crippen molar-refractivity contribution >= 4 is 11.4 Å². The molecule has 0 aliphatic carbocycles. The maximum absolute atomic E-state index is 11.8. The van der Waals surface area contributed by atoms with Crippen LogP contribution in [0.4, 0.5) is 0 Å². The van der Waals surface area contributed by atoms with E-state index in [4.69, 9.17) is 0 Å². The van der Waals surface area contributed by atoms with Crippen LogP contribution >= 0.6 is 0 Å². The summed E-state index contributed by atoms with van der Waals surface area (Å²) in [5.74, 6) is 0. The fourth-order valence-electron chi connectivity index (χ4n) is 1.10. The van der Waals surface area contributed by atoms with Crippen LogP contribution in [0.15, 0.2) is 23.1 Å². The lowest BCUT2D eigenvalue weighted by atomic mass is 10.2. The Bertz CT molecular complexity index is 377. The van der Waals surface area contributed by atoms with Gasteiger partial charge in [0.15, 0.2) is 0 Å². The van der Waals surface area contributed by atoms with E-state index >= 15 is 0 Å². The van der Waals surface area contributed by atoms with Crippen LogP contribution in [0, 0.1) is 0 Å². The fraction of sp³-hybridized carbons (Fsp3) is 0.545. The van der Waals surface area contributed by atoms with Crippen LogP contribution in [0.5, 0.6) is 0 Å². The van der Waals surface area contributed by atoms with Crippen molar-refractivity contribution in [3.8, 4) is 0 Å². The smallest absolute Gasteiger partial charge is 0.247 e. The Labute approximate surface area is 98.8 Å². The molecule has 1 heterocycles. The van der Waals surface area contributed by atoms with Gasteiger partial charge in [-0.2, -0.15) is 0 Å². The summed E-state index contributed by atoms with van der Waals surface area (Å²) in [4.78, 5) is 13.5. The maximum atomic E-state index is 11.8. The van der Waals surface area contributed by atoms with Gasteiger partial charge in [-0.1, -0.05) is 6.07 Å². The van der Waals surface area contributed by atoms with E-state index in [0.29, 0.717) is 0 Å². The van der Waals surface area contributed by atoms with E-state index in [1.165, 1.54) is 6.07 Å². The van der Waals surface area contributed by atoms with Crippen molar-refractivity contribution in [3.05, 3.63) is 34.2 Å². The third-order valence-electron chi connectivity index (χ3n) is 2.15. The Morgan fingerprint density at radius 1 is 1.44 bits per heavy atom. The van der Waals surface area contributed by atoms with Crippen LogP contribution in [-0.2, 0) is 11.4 Å². The molecule has 0 spiro atoms. The van der Waals surface area contributed by atoms with Gasteiger partial charge < -0.3 is 9.54 Å². The van der Waals surface area contributed by atoms with Crippen molar-refractivity contribution in [2.75, 3.05) is 0 Å². The second-order valence-corrected chi connectivity index (χ2v) is 6.70. The molecule has 16 heavy (non-hydrogen) atoms. The number of pyridine rings is 1. The summed E-state index contributed by atoms with van der Waals surface area (Å²) in [7, 11) is 0. The van der Waals surface area contributed by atoms with E-state index < -0.39 is 11.4 Å². The first-order valence-corrected chi connectivity index (χ1v) is 6.32. The molecular weight excluding hydrogens is 224 g/mol. The van der Waals surface area contributed by atoms with Crippen LogP contribution < -0.4 is 10.3 Å². The number of nitrogens with one attached hydrogen (secondary N) is 2. The van der Waals surface area contributed by atoms with Gasteiger partial charge in [-0.3, -0.25) is 4.79 Å². The SMILES string of the molecule is C[C@H](N[S@+]([O-])C(C)(C)C)c1ccc(=O)[nH]c1. The molecule has 90 valence electrons. The van der Waals surface area contributed by atoms with Gasteiger partial charge in [0.25, 0.3) is 0 Å². The molecule has 0 unspecified atom stereocenters. The molecule has 0 aromatic carbocycles. The highest BCUT2D eigenvalue weighted by atomic mass is 32.2. The molecule has 0 aliphatic rings.